The Hall–Kier alpha value is -2.52. The Bertz CT molecular complexity index is 911. The number of amides is 1. The first-order valence-electron chi connectivity index (χ1n) is 9.16. The van der Waals surface area contributed by atoms with Crippen LogP contribution in [-0.4, -0.2) is 70.8 Å². The molecule has 0 bridgehead atoms. The predicted molar refractivity (Wildman–Crippen MR) is 105 cm³/mol. The standard InChI is InChI=1S/C19H22N4O4S/c1-28-19-20-13(10-17(24)21-19)11-22-6-8-23(9-7-22)18(25)16-12-26-14-4-2-3-5-15(14)27-16/h2-5,10,16H,6-9,11-12H2,1H3,(H,20,21,24). The summed E-state index contributed by atoms with van der Waals surface area (Å²) in [5.41, 5.74) is 0.603. The number of ether oxygens (including phenoxy) is 2. The van der Waals surface area contributed by atoms with Crippen molar-refractivity contribution in [3.63, 3.8) is 0 Å². The minimum Gasteiger partial charge on any atom is -0.485 e. The van der Waals surface area contributed by atoms with Crippen LogP contribution in [0.5, 0.6) is 11.5 Å². The first-order chi connectivity index (χ1) is 13.6. The van der Waals surface area contributed by atoms with E-state index in [1.807, 2.05) is 35.4 Å². The quantitative estimate of drug-likeness (QED) is 0.602. The van der Waals surface area contributed by atoms with Gasteiger partial charge in [-0.25, -0.2) is 4.98 Å². The normalized spacial score (nSPS) is 19.5. The molecule has 1 amide bonds. The highest BCUT2D eigenvalue weighted by atomic mass is 32.2. The third kappa shape index (κ3) is 4.15. The lowest BCUT2D eigenvalue weighted by Crippen LogP contribution is -2.53. The van der Waals surface area contributed by atoms with Crippen LogP contribution >= 0.6 is 11.8 Å². The van der Waals surface area contributed by atoms with Crippen molar-refractivity contribution in [1.29, 1.82) is 0 Å². The Morgan fingerprint density at radius 2 is 2.00 bits per heavy atom. The van der Waals surface area contributed by atoms with Crippen LogP contribution < -0.4 is 15.0 Å². The Morgan fingerprint density at radius 3 is 2.75 bits per heavy atom. The number of para-hydroxylation sites is 2. The molecule has 4 rings (SSSR count). The first-order valence-corrected chi connectivity index (χ1v) is 10.4. The van der Waals surface area contributed by atoms with Gasteiger partial charge in [0.15, 0.2) is 16.7 Å². The molecule has 1 saturated heterocycles. The molecule has 1 aromatic carbocycles. The fourth-order valence-corrected chi connectivity index (χ4v) is 3.77. The van der Waals surface area contributed by atoms with Crippen LogP contribution in [0.15, 0.2) is 40.3 Å². The second kappa shape index (κ2) is 8.24. The maximum atomic E-state index is 12.8. The molecule has 2 aliphatic heterocycles. The van der Waals surface area contributed by atoms with Crippen LogP contribution in [0.25, 0.3) is 0 Å². The zero-order chi connectivity index (χ0) is 19.5. The molecule has 1 unspecified atom stereocenters. The largest absolute Gasteiger partial charge is 0.485 e. The van der Waals surface area contributed by atoms with Crippen molar-refractivity contribution in [2.45, 2.75) is 17.8 Å². The van der Waals surface area contributed by atoms with Crippen LogP contribution in [-0.2, 0) is 11.3 Å². The number of rotatable bonds is 4. The van der Waals surface area contributed by atoms with Crippen LogP contribution in [0.3, 0.4) is 0 Å². The Kier molecular flexibility index (Phi) is 5.54. The number of H-pyrrole nitrogens is 1. The molecule has 0 aliphatic carbocycles. The number of nitrogens with zero attached hydrogens (tertiary/aromatic N) is 3. The van der Waals surface area contributed by atoms with Gasteiger partial charge in [-0.15, -0.1) is 0 Å². The van der Waals surface area contributed by atoms with Crippen molar-refractivity contribution < 1.29 is 14.3 Å². The van der Waals surface area contributed by atoms with E-state index in [9.17, 15) is 9.59 Å². The second-order valence-corrected chi connectivity index (χ2v) is 7.51. The van der Waals surface area contributed by atoms with Crippen molar-refractivity contribution in [1.82, 2.24) is 19.8 Å². The van der Waals surface area contributed by atoms with Gasteiger partial charge in [0.25, 0.3) is 11.5 Å². The second-order valence-electron chi connectivity index (χ2n) is 6.71. The number of hydrogen-bond donors (Lipinski definition) is 1. The molecule has 1 fully saturated rings. The molecule has 28 heavy (non-hydrogen) atoms. The molecule has 0 saturated carbocycles. The smallest absolute Gasteiger partial charge is 0.267 e. The molecule has 0 spiro atoms. The minimum atomic E-state index is -0.611. The van der Waals surface area contributed by atoms with Gasteiger partial charge in [0.05, 0.1) is 5.69 Å². The Balaban J connectivity index is 1.32. The molecule has 1 N–H and O–H groups in total. The molecule has 0 radical (unpaired) electrons. The summed E-state index contributed by atoms with van der Waals surface area (Å²) in [6.45, 7) is 3.48. The van der Waals surface area contributed by atoms with E-state index in [0.29, 0.717) is 36.3 Å². The molecular formula is C19H22N4O4S. The topological polar surface area (TPSA) is 87.8 Å². The Morgan fingerprint density at radius 1 is 1.25 bits per heavy atom. The Labute approximate surface area is 166 Å². The number of hydrogen-bond acceptors (Lipinski definition) is 7. The van der Waals surface area contributed by atoms with Gasteiger partial charge in [-0.05, 0) is 18.4 Å². The van der Waals surface area contributed by atoms with Crippen molar-refractivity contribution >= 4 is 17.7 Å². The van der Waals surface area contributed by atoms with Gasteiger partial charge < -0.3 is 19.4 Å². The van der Waals surface area contributed by atoms with Crippen molar-refractivity contribution in [3.8, 4) is 11.5 Å². The summed E-state index contributed by atoms with van der Waals surface area (Å²) >= 11 is 1.41. The molecule has 1 aromatic heterocycles. The lowest BCUT2D eigenvalue weighted by molar-refractivity contribution is -0.143. The highest BCUT2D eigenvalue weighted by Crippen LogP contribution is 2.31. The fourth-order valence-electron chi connectivity index (χ4n) is 3.36. The highest BCUT2D eigenvalue weighted by Gasteiger charge is 2.32. The summed E-state index contributed by atoms with van der Waals surface area (Å²) in [5.74, 6) is 1.23. The molecular weight excluding hydrogens is 380 g/mol. The van der Waals surface area contributed by atoms with Gasteiger partial charge in [-0.1, -0.05) is 23.9 Å². The minimum absolute atomic E-state index is 0.0481. The van der Waals surface area contributed by atoms with Crippen LogP contribution in [0.1, 0.15) is 5.69 Å². The maximum Gasteiger partial charge on any atom is 0.267 e. The summed E-state index contributed by atoms with van der Waals surface area (Å²) in [6.07, 6.45) is 1.27. The summed E-state index contributed by atoms with van der Waals surface area (Å²) in [6, 6.07) is 8.91. The predicted octanol–water partition coefficient (Wildman–Crippen LogP) is 0.976. The van der Waals surface area contributed by atoms with Crippen molar-refractivity contribution in [3.05, 3.63) is 46.4 Å². The molecule has 8 nitrogen and oxygen atoms in total. The molecule has 2 aliphatic rings. The van der Waals surface area contributed by atoms with Gasteiger partial charge in [-0.3, -0.25) is 14.5 Å². The number of benzene rings is 1. The summed E-state index contributed by atoms with van der Waals surface area (Å²) < 4.78 is 11.5. The van der Waals surface area contributed by atoms with E-state index in [1.54, 1.807) is 0 Å². The first kappa shape index (κ1) is 18.8. The average Bonchev–Trinajstić information content (AvgIpc) is 2.73. The van der Waals surface area contributed by atoms with Crippen molar-refractivity contribution in [2.75, 3.05) is 39.0 Å². The van der Waals surface area contributed by atoms with Crippen molar-refractivity contribution in [2.24, 2.45) is 0 Å². The van der Waals surface area contributed by atoms with Gasteiger partial charge in [-0.2, -0.15) is 0 Å². The van der Waals surface area contributed by atoms with Gasteiger partial charge in [0.2, 0.25) is 6.10 Å². The van der Waals surface area contributed by atoms with Crippen LogP contribution in [0.2, 0.25) is 0 Å². The number of aromatic nitrogens is 2. The monoisotopic (exact) mass is 402 g/mol. The summed E-state index contributed by atoms with van der Waals surface area (Å²) in [4.78, 5) is 35.7. The van der Waals surface area contributed by atoms with Crippen LogP contribution in [0.4, 0.5) is 0 Å². The van der Waals surface area contributed by atoms with Gasteiger partial charge in [0.1, 0.15) is 6.61 Å². The molecule has 148 valence electrons. The van der Waals surface area contributed by atoms with E-state index >= 15 is 0 Å². The fraction of sp³-hybridized carbons (Fsp3) is 0.421. The van der Waals surface area contributed by atoms with E-state index in [0.717, 1.165) is 18.8 Å². The van der Waals surface area contributed by atoms with E-state index < -0.39 is 6.10 Å². The number of piperazine rings is 1. The summed E-state index contributed by atoms with van der Waals surface area (Å²) in [5, 5.41) is 0.617. The number of nitrogens with one attached hydrogen (secondary N) is 1. The van der Waals surface area contributed by atoms with Crippen LogP contribution in [0, 0.1) is 0 Å². The van der Waals surface area contributed by atoms with E-state index in [4.69, 9.17) is 9.47 Å². The molecule has 1 atom stereocenters. The SMILES string of the molecule is CSc1nc(CN2CCN(C(=O)C3COc4ccccc4O3)CC2)cc(=O)[nH]1. The van der Waals surface area contributed by atoms with Gasteiger partial charge in [0, 0.05) is 38.8 Å². The van der Waals surface area contributed by atoms with E-state index in [2.05, 4.69) is 14.9 Å². The lowest BCUT2D eigenvalue weighted by atomic mass is 10.2. The zero-order valence-corrected chi connectivity index (χ0v) is 16.4. The highest BCUT2D eigenvalue weighted by molar-refractivity contribution is 7.98. The van der Waals surface area contributed by atoms with Gasteiger partial charge >= 0.3 is 0 Å². The third-order valence-corrected chi connectivity index (χ3v) is 5.40. The molecule has 9 heteroatoms. The maximum absolute atomic E-state index is 12.8. The summed E-state index contributed by atoms with van der Waals surface area (Å²) in [7, 11) is 0. The number of carbonyl (C=O) groups excluding carboxylic acids is 1. The number of thioether (sulfide) groups is 1. The number of fused-ring (bicyclic) bond motifs is 1. The van der Waals surface area contributed by atoms with E-state index in [1.165, 1.54) is 17.8 Å². The zero-order valence-electron chi connectivity index (χ0n) is 15.6. The number of aromatic amines is 1. The third-order valence-electron chi connectivity index (χ3n) is 4.82. The number of carbonyl (C=O) groups is 1. The average molecular weight is 402 g/mol. The van der Waals surface area contributed by atoms with E-state index in [-0.39, 0.29) is 18.1 Å². The lowest BCUT2D eigenvalue weighted by Gasteiger charge is -2.37. The molecule has 3 heterocycles. The molecule has 2 aromatic rings.